The van der Waals surface area contributed by atoms with E-state index in [0.717, 1.165) is 0 Å². The van der Waals surface area contributed by atoms with Crippen LogP contribution in [-0.4, -0.2) is 46.8 Å². The molecule has 1 atom stereocenters. The Balaban J connectivity index is 2.22. The second-order valence-corrected chi connectivity index (χ2v) is 4.65. The lowest BCUT2D eigenvalue weighted by Gasteiger charge is -2.34. The van der Waals surface area contributed by atoms with Gasteiger partial charge in [-0.05, 0) is 18.6 Å². The number of nitrogens with zero attached hydrogens (tertiary/aromatic N) is 2. The van der Waals surface area contributed by atoms with Crippen LogP contribution in [0.3, 0.4) is 0 Å². The summed E-state index contributed by atoms with van der Waals surface area (Å²) < 4.78 is 26.2. The van der Waals surface area contributed by atoms with Crippen molar-refractivity contribution in [1.29, 1.82) is 0 Å². The van der Waals surface area contributed by atoms with E-state index in [1.165, 1.54) is 21.7 Å². The first-order valence-corrected chi connectivity index (χ1v) is 6.56. The lowest BCUT2D eigenvalue weighted by molar-refractivity contribution is -0.127. The van der Waals surface area contributed by atoms with Crippen molar-refractivity contribution in [2.75, 3.05) is 13.1 Å². The molecule has 1 N–H and O–H groups in total. The fourth-order valence-corrected chi connectivity index (χ4v) is 2.43. The summed E-state index contributed by atoms with van der Waals surface area (Å²) in [6, 6.07) is 2.52. The van der Waals surface area contributed by atoms with Crippen molar-refractivity contribution < 1.29 is 18.4 Å². The molecule has 1 aromatic rings. The van der Waals surface area contributed by atoms with Gasteiger partial charge < -0.3 is 14.8 Å². The van der Waals surface area contributed by atoms with E-state index in [-0.39, 0.29) is 17.5 Å². The van der Waals surface area contributed by atoms with E-state index in [0.29, 0.717) is 19.5 Å². The molecule has 2 rings (SSSR count). The Morgan fingerprint density at radius 2 is 2.30 bits per heavy atom. The Kier molecular flexibility index (Phi) is 4.36. The third-order valence-corrected chi connectivity index (χ3v) is 3.36. The molecule has 1 saturated heterocycles. The Morgan fingerprint density at radius 1 is 1.55 bits per heavy atom. The number of carbonyl (C=O) groups is 2. The first-order chi connectivity index (χ1) is 9.54. The molecule has 0 bridgehead atoms. The highest BCUT2D eigenvalue weighted by molar-refractivity contribution is 5.97. The number of alkyl halides is 2. The zero-order chi connectivity index (χ0) is 14.7. The maximum atomic E-state index is 12.5. The van der Waals surface area contributed by atoms with Gasteiger partial charge in [0.05, 0.1) is 6.54 Å². The largest absolute Gasteiger partial charge is 0.353 e. The Morgan fingerprint density at radius 3 is 2.95 bits per heavy atom. The summed E-state index contributed by atoms with van der Waals surface area (Å²) in [5.41, 5.74) is 0.193. The van der Waals surface area contributed by atoms with Gasteiger partial charge in [-0.1, -0.05) is 6.92 Å². The average Bonchev–Trinajstić information content (AvgIpc) is 2.84. The van der Waals surface area contributed by atoms with E-state index in [4.69, 9.17) is 0 Å². The number of amides is 2. The van der Waals surface area contributed by atoms with Crippen molar-refractivity contribution in [2.45, 2.75) is 32.4 Å². The SMILES string of the molecule is CCC1C(=O)NCCN1C(=O)c1cccn1CC(F)F. The molecule has 20 heavy (non-hydrogen) atoms. The number of aromatic nitrogens is 1. The predicted molar refractivity (Wildman–Crippen MR) is 68.6 cm³/mol. The maximum Gasteiger partial charge on any atom is 0.271 e. The van der Waals surface area contributed by atoms with E-state index in [1.54, 1.807) is 6.07 Å². The maximum absolute atomic E-state index is 12.5. The van der Waals surface area contributed by atoms with Crippen LogP contribution in [0.1, 0.15) is 23.8 Å². The quantitative estimate of drug-likeness (QED) is 0.901. The van der Waals surface area contributed by atoms with Gasteiger partial charge in [-0.2, -0.15) is 0 Å². The lowest BCUT2D eigenvalue weighted by Crippen LogP contribution is -2.57. The third-order valence-electron chi connectivity index (χ3n) is 3.36. The molecule has 1 aromatic heterocycles. The van der Waals surface area contributed by atoms with Crippen LogP contribution >= 0.6 is 0 Å². The summed E-state index contributed by atoms with van der Waals surface area (Å²) in [7, 11) is 0. The molecule has 0 saturated carbocycles. The van der Waals surface area contributed by atoms with Gasteiger partial charge in [0, 0.05) is 19.3 Å². The van der Waals surface area contributed by atoms with Gasteiger partial charge in [0.25, 0.3) is 12.3 Å². The molecule has 1 aliphatic rings. The minimum Gasteiger partial charge on any atom is -0.353 e. The number of halogens is 2. The summed E-state index contributed by atoms with van der Waals surface area (Å²) in [4.78, 5) is 25.7. The zero-order valence-electron chi connectivity index (χ0n) is 11.2. The average molecular weight is 285 g/mol. The van der Waals surface area contributed by atoms with Gasteiger partial charge in [-0.15, -0.1) is 0 Å². The van der Waals surface area contributed by atoms with E-state index < -0.39 is 19.0 Å². The Bertz CT molecular complexity index is 502. The fourth-order valence-electron chi connectivity index (χ4n) is 2.43. The van der Waals surface area contributed by atoms with Gasteiger partial charge in [-0.25, -0.2) is 8.78 Å². The van der Waals surface area contributed by atoms with E-state index >= 15 is 0 Å². The van der Waals surface area contributed by atoms with Crippen LogP contribution in [0, 0.1) is 0 Å². The van der Waals surface area contributed by atoms with Crippen LogP contribution in [0.4, 0.5) is 8.78 Å². The number of rotatable bonds is 4. The highest BCUT2D eigenvalue weighted by atomic mass is 19.3. The first kappa shape index (κ1) is 14.5. The highest BCUT2D eigenvalue weighted by Gasteiger charge is 2.33. The highest BCUT2D eigenvalue weighted by Crippen LogP contribution is 2.15. The molecule has 1 unspecified atom stereocenters. The van der Waals surface area contributed by atoms with Gasteiger partial charge in [-0.3, -0.25) is 9.59 Å². The predicted octanol–water partition coefficient (Wildman–Crippen LogP) is 1.10. The van der Waals surface area contributed by atoms with Crippen molar-refractivity contribution in [3.8, 4) is 0 Å². The Hall–Kier alpha value is -1.92. The van der Waals surface area contributed by atoms with Crippen LogP contribution < -0.4 is 5.32 Å². The second-order valence-electron chi connectivity index (χ2n) is 4.65. The summed E-state index contributed by atoms with van der Waals surface area (Å²) in [6.07, 6.45) is -0.585. The molecular weight excluding hydrogens is 268 g/mol. The zero-order valence-corrected chi connectivity index (χ0v) is 11.2. The van der Waals surface area contributed by atoms with Crippen molar-refractivity contribution in [3.63, 3.8) is 0 Å². The number of hydrogen-bond acceptors (Lipinski definition) is 2. The summed E-state index contributed by atoms with van der Waals surface area (Å²) in [6.45, 7) is 2.07. The standard InChI is InChI=1S/C13H17F2N3O2/c1-2-9-12(19)16-5-7-18(9)13(20)10-4-3-6-17(10)8-11(14)15/h3-4,6,9,11H,2,5,7-8H2,1H3,(H,16,19). The number of carbonyl (C=O) groups excluding carboxylic acids is 2. The summed E-state index contributed by atoms with van der Waals surface area (Å²) in [5, 5.41) is 2.70. The number of hydrogen-bond donors (Lipinski definition) is 1. The molecule has 2 amide bonds. The van der Waals surface area contributed by atoms with Crippen LogP contribution in [0.25, 0.3) is 0 Å². The monoisotopic (exact) mass is 285 g/mol. The normalized spacial score (nSPS) is 19.3. The number of nitrogens with one attached hydrogen (secondary N) is 1. The van der Waals surface area contributed by atoms with E-state index in [1.807, 2.05) is 6.92 Å². The van der Waals surface area contributed by atoms with Crippen molar-refractivity contribution in [3.05, 3.63) is 24.0 Å². The molecule has 7 heteroatoms. The van der Waals surface area contributed by atoms with Crippen LogP contribution in [-0.2, 0) is 11.3 Å². The van der Waals surface area contributed by atoms with Crippen molar-refractivity contribution in [2.24, 2.45) is 0 Å². The minimum atomic E-state index is -2.53. The molecule has 1 fully saturated rings. The number of piperazine rings is 1. The molecule has 5 nitrogen and oxygen atoms in total. The molecule has 0 aromatic carbocycles. The van der Waals surface area contributed by atoms with Crippen LogP contribution in [0.5, 0.6) is 0 Å². The molecular formula is C13H17F2N3O2. The molecule has 110 valence electrons. The van der Waals surface area contributed by atoms with Crippen LogP contribution in [0.2, 0.25) is 0 Å². The van der Waals surface area contributed by atoms with Gasteiger partial charge >= 0.3 is 0 Å². The molecule has 1 aliphatic heterocycles. The fraction of sp³-hybridized carbons (Fsp3) is 0.538. The van der Waals surface area contributed by atoms with Crippen molar-refractivity contribution >= 4 is 11.8 Å². The van der Waals surface area contributed by atoms with Gasteiger partial charge in [0.15, 0.2) is 0 Å². The minimum absolute atomic E-state index is 0.193. The molecule has 0 radical (unpaired) electrons. The first-order valence-electron chi connectivity index (χ1n) is 6.56. The smallest absolute Gasteiger partial charge is 0.271 e. The third kappa shape index (κ3) is 2.81. The Labute approximate surface area is 115 Å². The summed E-state index contributed by atoms with van der Waals surface area (Å²) >= 11 is 0. The molecule has 2 heterocycles. The second kappa shape index (κ2) is 6.02. The van der Waals surface area contributed by atoms with Gasteiger partial charge in [0.2, 0.25) is 5.91 Å². The topological polar surface area (TPSA) is 54.3 Å². The van der Waals surface area contributed by atoms with Crippen LogP contribution in [0.15, 0.2) is 18.3 Å². The van der Waals surface area contributed by atoms with E-state index in [9.17, 15) is 18.4 Å². The lowest BCUT2D eigenvalue weighted by atomic mass is 10.1. The summed E-state index contributed by atoms with van der Waals surface area (Å²) in [5.74, 6) is -0.573. The van der Waals surface area contributed by atoms with Crippen molar-refractivity contribution in [1.82, 2.24) is 14.8 Å². The van der Waals surface area contributed by atoms with Gasteiger partial charge in [0.1, 0.15) is 11.7 Å². The molecule has 0 aliphatic carbocycles. The molecule has 0 spiro atoms. The van der Waals surface area contributed by atoms with E-state index in [2.05, 4.69) is 5.32 Å².